The van der Waals surface area contributed by atoms with Crippen LogP contribution in [-0.4, -0.2) is 23.7 Å². The lowest BCUT2D eigenvalue weighted by Crippen LogP contribution is -2.37. The summed E-state index contributed by atoms with van der Waals surface area (Å²) in [4.78, 5) is 12.3. The average molecular weight is 326 g/mol. The molecule has 2 rings (SSSR count). The van der Waals surface area contributed by atoms with E-state index in [1.165, 1.54) is 0 Å². The zero-order chi connectivity index (χ0) is 14.0. The molecular weight excluding hydrogens is 306 g/mol. The molecule has 1 aliphatic rings. The van der Waals surface area contributed by atoms with Gasteiger partial charge < -0.3 is 10.4 Å². The molecule has 0 aromatic heterocycles. The molecule has 0 bridgehead atoms. The number of aliphatic hydroxyl groups excluding tert-OH is 1. The van der Waals surface area contributed by atoms with E-state index in [-0.39, 0.29) is 18.6 Å². The van der Waals surface area contributed by atoms with E-state index in [0.29, 0.717) is 12.3 Å². The predicted octanol–water partition coefficient (Wildman–Crippen LogP) is 2.96. The summed E-state index contributed by atoms with van der Waals surface area (Å²) in [5, 5.41) is 12.1. The quantitative estimate of drug-likeness (QED) is 0.874. The van der Waals surface area contributed by atoms with Gasteiger partial charge in [0.25, 0.3) is 5.91 Å². The molecule has 3 nitrogen and oxygen atoms in total. The number of aliphatic hydroxyl groups is 1. The highest BCUT2D eigenvalue weighted by Gasteiger charge is 2.32. The summed E-state index contributed by atoms with van der Waals surface area (Å²) in [6.07, 6.45) is 2.96. The van der Waals surface area contributed by atoms with Crippen molar-refractivity contribution in [3.63, 3.8) is 0 Å². The molecule has 4 heteroatoms. The second kappa shape index (κ2) is 6.06. The number of carbonyl (C=O) groups excluding carboxylic acids is 1. The first-order valence-electron chi connectivity index (χ1n) is 6.71. The van der Waals surface area contributed by atoms with E-state index in [1.54, 1.807) is 0 Å². The minimum atomic E-state index is -0.0292. The fourth-order valence-corrected chi connectivity index (χ4v) is 2.79. The molecule has 0 radical (unpaired) electrons. The van der Waals surface area contributed by atoms with Crippen molar-refractivity contribution < 1.29 is 9.90 Å². The van der Waals surface area contributed by atoms with Crippen LogP contribution < -0.4 is 5.32 Å². The van der Waals surface area contributed by atoms with Crippen LogP contribution in [0.3, 0.4) is 0 Å². The minimum absolute atomic E-state index is 0.0292. The molecule has 1 aliphatic carbocycles. The van der Waals surface area contributed by atoms with Crippen LogP contribution in [-0.2, 0) is 0 Å². The maximum absolute atomic E-state index is 12.3. The highest BCUT2D eigenvalue weighted by atomic mass is 79.9. The van der Waals surface area contributed by atoms with E-state index in [9.17, 15) is 4.79 Å². The molecule has 1 aromatic rings. The Balaban J connectivity index is 2.12. The van der Waals surface area contributed by atoms with Crippen molar-refractivity contribution in [1.29, 1.82) is 0 Å². The number of rotatable bonds is 5. The highest BCUT2D eigenvalue weighted by Crippen LogP contribution is 2.34. The van der Waals surface area contributed by atoms with Crippen molar-refractivity contribution in [2.75, 3.05) is 6.61 Å². The van der Waals surface area contributed by atoms with E-state index in [4.69, 9.17) is 5.11 Å². The zero-order valence-corrected chi connectivity index (χ0v) is 13.0. The summed E-state index contributed by atoms with van der Waals surface area (Å²) >= 11 is 3.47. The Morgan fingerprint density at radius 1 is 1.42 bits per heavy atom. The number of hydrogen-bond acceptors (Lipinski definition) is 2. The van der Waals surface area contributed by atoms with Gasteiger partial charge in [-0.15, -0.1) is 0 Å². The van der Waals surface area contributed by atoms with Crippen molar-refractivity contribution in [3.05, 3.63) is 33.3 Å². The first-order chi connectivity index (χ1) is 9.02. The van der Waals surface area contributed by atoms with E-state index >= 15 is 0 Å². The normalized spacial score (nSPS) is 16.2. The van der Waals surface area contributed by atoms with Gasteiger partial charge in [-0.25, -0.2) is 0 Å². The molecular formula is C15H20BrNO2. The summed E-state index contributed by atoms with van der Waals surface area (Å²) in [5.41, 5.74) is 2.75. The van der Waals surface area contributed by atoms with Gasteiger partial charge in [0.2, 0.25) is 0 Å². The minimum Gasteiger partial charge on any atom is -0.396 e. The molecule has 0 heterocycles. The fraction of sp³-hybridized carbons (Fsp3) is 0.533. The van der Waals surface area contributed by atoms with Crippen LogP contribution in [0.5, 0.6) is 0 Å². The summed E-state index contributed by atoms with van der Waals surface area (Å²) in [5.74, 6) is 0.520. The lowest BCUT2D eigenvalue weighted by atomic mass is 10.0. The van der Waals surface area contributed by atoms with E-state index in [2.05, 4.69) is 21.2 Å². The second-order valence-electron chi connectivity index (χ2n) is 5.35. The SMILES string of the molecule is Cc1cc(C(=O)NC(CCO)C2CC2)c(C)cc1Br. The van der Waals surface area contributed by atoms with Crippen LogP contribution in [0.25, 0.3) is 0 Å². The third kappa shape index (κ3) is 3.57. The number of nitrogens with one attached hydrogen (secondary N) is 1. The third-order valence-electron chi connectivity index (χ3n) is 3.70. The number of carbonyl (C=O) groups is 1. The largest absolute Gasteiger partial charge is 0.396 e. The van der Waals surface area contributed by atoms with Crippen molar-refractivity contribution >= 4 is 21.8 Å². The second-order valence-corrected chi connectivity index (χ2v) is 6.20. The van der Waals surface area contributed by atoms with Crippen molar-refractivity contribution in [1.82, 2.24) is 5.32 Å². The summed E-state index contributed by atoms with van der Waals surface area (Å²) < 4.78 is 1.02. The van der Waals surface area contributed by atoms with Gasteiger partial charge in [-0.05, 0) is 62.3 Å². The van der Waals surface area contributed by atoms with Crippen LogP contribution in [0.1, 0.15) is 40.7 Å². The van der Waals surface area contributed by atoms with Gasteiger partial charge in [0.1, 0.15) is 0 Å². The van der Waals surface area contributed by atoms with Crippen LogP contribution in [0.4, 0.5) is 0 Å². The Hall–Kier alpha value is -0.870. The van der Waals surface area contributed by atoms with Gasteiger partial charge >= 0.3 is 0 Å². The van der Waals surface area contributed by atoms with Gasteiger partial charge in [-0.1, -0.05) is 15.9 Å². The third-order valence-corrected chi connectivity index (χ3v) is 4.55. The van der Waals surface area contributed by atoms with Crippen molar-refractivity contribution in [2.24, 2.45) is 5.92 Å². The van der Waals surface area contributed by atoms with Crippen LogP contribution in [0.15, 0.2) is 16.6 Å². The number of halogens is 1. The highest BCUT2D eigenvalue weighted by molar-refractivity contribution is 9.10. The van der Waals surface area contributed by atoms with Crippen LogP contribution in [0, 0.1) is 19.8 Å². The Bertz CT molecular complexity index is 483. The van der Waals surface area contributed by atoms with Crippen molar-refractivity contribution in [3.8, 4) is 0 Å². The number of amides is 1. The van der Waals surface area contributed by atoms with Crippen molar-refractivity contribution in [2.45, 2.75) is 39.2 Å². The molecule has 1 atom stereocenters. The lowest BCUT2D eigenvalue weighted by molar-refractivity contribution is 0.0923. The summed E-state index contributed by atoms with van der Waals surface area (Å²) in [6.45, 7) is 4.05. The van der Waals surface area contributed by atoms with Gasteiger partial charge in [0.15, 0.2) is 0 Å². The standard InChI is InChI=1S/C15H20BrNO2/c1-9-8-13(16)10(2)7-12(9)15(19)17-14(5-6-18)11-3-4-11/h7-8,11,14,18H,3-6H2,1-2H3,(H,17,19). The smallest absolute Gasteiger partial charge is 0.251 e. The zero-order valence-electron chi connectivity index (χ0n) is 11.4. The molecule has 0 spiro atoms. The molecule has 19 heavy (non-hydrogen) atoms. The topological polar surface area (TPSA) is 49.3 Å². The Kier molecular flexibility index (Phi) is 4.63. The Morgan fingerprint density at radius 3 is 2.68 bits per heavy atom. The van der Waals surface area contributed by atoms with Gasteiger partial charge in [-0.3, -0.25) is 4.79 Å². The van der Waals surface area contributed by atoms with E-state index < -0.39 is 0 Å². The summed E-state index contributed by atoms with van der Waals surface area (Å²) in [6, 6.07) is 4.00. The molecule has 1 unspecified atom stereocenters. The summed E-state index contributed by atoms with van der Waals surface area (Å²) in [7, 11) is 0. The number of hydrogen-bond donors (Lipinski definition) is 2. The Morgan fingerprint density at radius 2 is 2.11 bits per heavy atom. The van der Waals surface area contributed by atoms with Crippen LogP contribution >= 0.6 is 15.9 Å². The van der Waals surface area contributed by atoms with Crippen LogP contribution in [0.2, 0.25) is 0 Å². The van der Waals surface area contributed by atoms with E-state index in [0.717, 1.165) is 34.0 Å². The molecule has 1 fully saturated rings. The monoisotopic (exact) mass is 325 g/mol. The average Bonchev–Trinajstić information content (AvgIpc) is 3.17. The number of aryl methyl sites for hydroxylation is 2. The molecule has 1 saturated carbocycles. The van der Waals surface area contributed by atoms with Gasteiger partial charge in [0, 0.05) is 22.7 Å². The molecule has 0 aliphatic heterocycles. The maximum atomic E-state index is 12.3. The van der Waals surface area contributed by atoms with Gasteiger partial charge in [0.05, 0.1) is 0 Å². The predicted molar refractivity (Wildman–Crippen MR) is 79.3 cm³/mol. The fourth-order valence-electron chi connectivity index (χ4n) is 2.34. The van der Waals surface area contributed by atoms with E-state index in [1.807, 2.05) is 26.0 Å². The molecule has 1 aromatic carbocycles. The Labute approximate surface area is 122 Å². The maximum Gasteiger partial charge on any atom is 0.251 e. The molecule has 2 N–H and O–H groups in total. The first kappa shape index (κ1) is 14.5. The molecule has 1 amide bonds. The first-order valence-corrected chi connectivity index (χ1v) is 7.50. The van der Waals surface area contributed by atoms with Gasteiger partial charge in [-0.2, -0.15) is 0 Å². The molecule has 104 valence electrons. The lowest BCUT2D eigenvalue weighted by Gasteiger charge is -2.18. The number of benzene rings is 1. The molecule has 0 saturated heterocycles.